The maximum atomic E-state index is 13.0. The number of rotatable bonds is 6. The summed E-state index contributed by atoms with van der Waals surface area (Å²) >= 11 is 24.6. The minimum Gasteiger partial charge on any atom is -0.346 e. The molecule has 0 spiro atoms. The van der Waals surface area contributed by atoms with Crippen LogP contribution in [0.15, 0.2) is 42.5 Å². The molecule has 1 fully saturated rings. The lowest BCUT2D eigenvalue weighted by Gasteiger charge is -2.13. The van der Waals surface area contributed by atoms with E-state index in [0.717, 1.165) is 5.56 Å². The minimum atomic E-state index is -3.07. The maximum absolute atomic E-state index is 13.0. The number of anilines is 1. The fourth-order valence-corrected chi connectivity index (χ4v) is 4.33. The largest absolute Gasteiger partial charge is 0.346 e. The number of hydrogen-bond donors (Lipinski definition) is 2. The predicted octanol–water partition coefficient (Wildman–Crippen LogP) is 5.90. The van der Waals surface area contributed by atoms with Gasteiger partial charge in [0, 0.05) is 23.6 Å². The molecule has 160 valence electrons. The van der Waals surface area contributed by atoms with Crippen molar-refractivity contribution in [2.24, 2.45) is 5.92 Å². The van der Waals surface area contributed by atoms with Gasteiger partial charge in [0.1, 0.15) is 4.33 Å². The van der Waals surface area contributed by atoms with E-state index in [0.29, 0.717) is 11.9 Å². The van der Waals surface area contributed by atoms with Gasteiger partial charge in [0.15, 0.2) is 0 Å². The zero-order chi connectivity index (χ0) is 22.3. The van der Waals surface area contributed by atoms with Crippen LogP contribution in [0.25, 0.3) is 0 Å². The molecule has 1 aliphatic rings. The molecule has 30 heavy (non-hydrogen) atoms. The van der Waals surface area contributed by atoms with Gasteiger partial charge in [0.2, 0.25) is 5.91 Å². The van der Waals surface area contributed by atoms with Crippen LogP contribution < -0.4 is 10.6 Å². The third-order valence-corrected chi connectivity index (χ3v) is 6.09. The van der Waals surface area contributed by atoms with Crippen molar-refractivity contribution < 1.29 is 18.4 Å². The Hall–Kier alpha value is -1.60. The zero-order valence-corrected chi connectivity index (χ0v) is 18.5. The maximum Gasteiger partial charge on any atom is 0.262 e. The van der Waals surface area contributed by atoms with Gasteiger partial charge in [0.25, 0.3) is 11.8 Å². The monoisotopic (exact) mass is 494 g/mol. The van der Waals surface area contributed by atoms with Gasteiger partial charge in [-0.1, -0.05) is 35.3 Å². The van der Waals surface area contributed by atoms with E-state index in [1.54, 1.807) is 24.3 Å². The number of alkyl halides is 4. The van der Waals surface area contributed by atoms with Crippen LogP contribution in [0.4, 0.5) is 14.5 Å². The topological polar surface area (TPSA) is 58.2 Å². The van der Waals surface area contributed by atoms with Crippen LogP contribution in [-0.4, -0.2) is 28.6 Å². The molecule has 1 aliphatic carbocycles. The molecule has 10 heteroatoms. The Bertz CT molecular complexity index is 995. The number of carbonyl (C=O) groups is 2. The lowest BCUT2D eigenvalue weighted by atomic mass is 10.1. The SMILES string of the molecule is CC(F)(F)CNC(=O)c1cc(NC(=O)C2C(c3cccc(Cl)c3)C2(Cl)Cl)ccc1Cl. The Labute approximate surface area is 191 Å². The van der Waals surface area contributed by atoms with Crippen LogP contribution in [0.5, 0.6) is 0 Å². The Morgan fingerprint density at radius 1 is 1.13 bits per heavy atom. The molecule has 0 saturated heterocycles. The summed E-state index contributed by atoms with van der Waals surface area (Å²) in [7, 11) is 0. The van der Waals surface area contributed by atoms with E-state index in [1.807, 2.05) is 0 Å². The Morgan fingerprint density at radius 3 is 2.47 bits per heavy atom. The second kappa shape index (κ2) is 8.50. The molecule has 0 aromatic heterocycles. The highest BCUT2D eigenvalue weighted by molar-refractivity contribution is 6.53. The first kappa shape index (κ1) is 23.1. The molecule has 2 amide bonds. The molecule has 1 saturated carbocycles. The van der Waals surface area contributed by atoms with Crippen molar-refractivity contribution >= 4 is 63.9 Å². The van der Waals surface area contributed by atoms with E-state index >= 15 is 0 Å². The van der Waals surface area contributed by atoms with E-state index in [-0.39, 0.29) is 16.3 Å². The van der Waals surface area contributed by atoms with Crippen molar-refractivity contribution in [3.05, 3.63) is 63.6 Å². The lowest BCUT2D eigenvalue weighted by molar-refractivity contribution is -0.117. The first-order valence-electron chi connectivity index (χ1n) is 8.80. The van der Waals surface area contributed by atoms with Crippen molar-refractivity contribution in [2.75, 3.05) is 11.9 Å². The molecule has 0 radical (unpaired) electrons. The molecule has 2 aromatic carbocycles. The van der Waals surface area contributed by atoms with Gasteiger partial charge < -0.3 is 10.6 Å². The molecular weight excluding hydrogens is 480 g/mol. The summed E-state index contributed by atoms with van der Waals surface area (Å²) < 4.78 is 24.7. The molecule has 2 unspecified atom stereocenters. The quantitative estimate of drug-likeness (QED) is 0.490. The number of nitrogens with one attached hydrogen (secondary N) is 2. The average Bonchev–Trinajstić information content (AvgIpc) is 3.23. The average molecular weight is 496 g/mol. The van der Waals surface area contributed by atoms with Crippen LogP contribution in [0.2, 0.25) is 10.0 Å². The van der Waals surface area contributed by atoms with E-state index in [9.17, 15) is 18.4 Å². The Balaban J connectivity index is 1.73. The molecular formula is C20H16Cl4F2N2O2. The molecule has 0 bridgehead atoms. The second-order valence-corrected chi connectivity index (χ2v) is 9.41. The highest BCUT2D eigenvalue weighted by atomic mass is 35.5. The fraction of sp³-hybridized carbons (Fsp3) is 0.300. The van der Waals surface area contributed by atoms with Crippen LogP contribution in [0.1, 0.15) is 28.8 Å². The third-order valence-electron chi connectivity index (χ3n) is 4.58. The predicted molar refractivity (Wildman–Crippen MR) is 115 cm³/mol. The molecule has 4 nitrogen and oxygen atoms in total. The highest BCUT2D eigenvalue weighted by Gasteiger charge is 2.67. The van der Waals surface area contributed by atoms with Crippen LogP contribution in [-0.2, 0) is 4.79 Å². The minimum absolute atomic E-state index is 0.0519. The van der Waals surface area contributed by atoms with Gasteiger partial charge in [-0.2, -0.15) is 0 Å². The zero-order valence-electron chi connectivity index (χ0n) is 15.5. The van der Waals surface area contributed by atoms with Crippen molar-refractivity contribution in [3.63, 3.8) is 0 Å². The van der Waals surface area contributed by atoms with Crippen LogP contribution in [0.3, 0.4) is 0 Å². The van der Waals surface area contributed by atoms with Crippen molar-refractivity contribution in [3.8, 4) is 0 Å². The number of hydrogen-bond acceptors (Lipinski definition) is 2. The summed E-state index contributed by atoms with van der Waals surface area (Å²) in [6, 6.07) is 11.0. The van der Waals surface area contributed by atoms with E-state index in [4.69, 9.17) is 46.4 Å². The van der Waals surface area contributed by atoms with Crippen molar-refractivity contribution in [1.29, 1.82) is 0 Å². The van der Waals surface area contributed by atoms with Gasteiger partial charge in [0.05, 0.1) is 23.0 Å². The first-order chi connectivity index (χ1) is 13.9. The summed E-state index contributed by atoms with van der Waals surface area (Å²) in [4.78, 5) is 24.9. The number of carbonyl (C=O) groups excluding carboxylic acids is 2. The van der Waals surface area contributed by atoms with E-state index in [1.165, 1.54) is 18.2 Å². The standard InChI is InChI=1S/C20H16Cl4F2N2O2/c1-19(25,26)9-27-17(29)13-8-12(5-6-14(13)22)28-18(30)16-15(20(16,23)24)10-3-2-4-11(21)7-10/h2-8,15-16H,9H2,1H3,(H,27,29)(H,28,30). The Morgan fingerprint density at radius 2 is 1.83 bits per heavy atom. The fourth-order valence-electron chi connectivity index (χ4n) is 3.10. The summed E-state index contributed by atoms with van der Waals surface area (Å²) in [5, 5.41) is 5.29. The summed E-state index contributed by atoms with van der Waals surface area (Å²) in [5.41, 5.74) is 0.923. The van der Waals surface area contributed by atoms with Crippen LogP contribution >= 0.6 is 46.4 Å². The van der Waals surface area contributed by atoms with Gasteiger partial charge in [-0.15, -0.1) is 23.2 Å². The Kier molecular flexibility index (Phi) is 6.54. The molecule has 0 heterocycles. The van der Waals surface area contributed by atoms with Crippen molar-refractivity contribution in [1.82, 2.24) is 5.32 Å². The normalized spacial score (nSPS) is 19.8. The van der Waals surface area contributed by atoms with Gasteiger partial charge >= 0.3 is 0 Å². The summed E-state index contributed by atoms with van der Waals surface area (Å²) in [5.74, 6) is -5.52. The van der Waals surface area contributed by atoms with Crippen molar-refractivity contribution in [2.45, 2.75) is 23.1 Å². The van der Waals surface area contributed by atoms with E-state index < -0.39 is 40.5 Å². The summed E-state index contributed by atoms with van der Waals surface area (Å²) in [6.45, 7) is -0.161. The van der Waals surface area contributed by atoms with Gasteiger partial charge in [-0.25, -0.2) is 8.78 Å². The first-order valence-corrected chi connectivity index (χ1v) is 10.3. The van der Waals surface area contributed by atoms with Gasteiger partial charge in [-0.05, 0) is 35.9 Å². The van der Waals surface area contributed by atoms with Crippen LogP contribution in [0, 0.1) is 5.92 Å². The van der Waals surface area contributed by atoms with Gasteiger partial charge in [-0.3, -0.25) is 9.59 Å². The number of amides is 2. The molecule has 2 atom stereocenters. The highest BCUT2D eigenvalue weighted by Crippen LogP contribution is 2.65. The lowest BCUT2D eigenvalue weighted by Crippen LogP contribution is -2.34. The molecule has 2 N–H and O–H groups in total. The summed E-state index contributed by atoms with van der Waals surface area (Å²) in [6.07, 6.45) is 0. The molecule has 0 aliphatic heterocycles. The number of benzene rings is 2. The second-order valence-electron chi connectivity index (χ2n) is 7.12. The smallest absolute Gasteiger partial charge is 0.262 e. The third kappa shape index (κ3) is 5.17. The molecule has 2 aromatic rings. The molecule has 3 rings (SSSR count). The number of halogens is 6. The van der Waals surface area contributed by atoms with E-state index in [2.05, 4.69) is 10.6 Å².